The van der Waals surface area contributed by atoms with Gasteiger partial charge in [-0.1, -0.05) is 17.7 Å². The second-order valence-corrected chi connectivity index (χ2v) is 11.7. The van der Waals surface area contributed by atoms with E-state index >= 15 is 0 Å². The summed E-state index contributed by atoms with van der Waals surface area (Å²) in [5.74, 6) is 0.323. The number of amides is 2. The summed E-state index contributed by atoms with van der Waals surface area (Å²) in [5.41, 5.74) is 4.50. The average Bonchev–Trinajstić information content (AvgIpc) is 3.51. The number of aliphatic carboxylic acids is 1. The van der Waals surface area contributed by atoms with Crippen LogP contribution in [0.4, 0.5) is 5.69 Å². The summed E-state index contributed by atoms with van der Waals surface area (Å²) >= 11 is 6.44. The van der Waals surface area contributed by atoms with Crippen molar-refractivity contribution < 1.29 is 29.0 Å². The molecule has 2 heterocycles. The SMILES string of the molecule is COc1cc(CN(CC2CCC(C(=O)O)CC2)N2CCc3cc(Cl)c(C)cc32)ccc1OCCN1C(=O)CCC1=O. The van der Waals surface area contributed by atoms with Gasteiger partial charge in [0.1, 0.15) is 6.61 Å². The van der Waals surface area contributed by atoms with Gasteiger partial charge in [0.15, 0.2) is 11.5 Å². The molecule has 220 valence electrons. The van der Waals surface area contributed by atoms with Crippen molar-refractivity contribution in [1.29, 1.82) is 0 Å². The minimum atomic E-state index is -0.686. The van der Waals surface area contributed by atoms with E-state index < -0.39 is 5.97 Å². The summed E-state index contributed by atoms with van der Waals surface area (Å²) in [5, 5.41) is 15.0. The van der Waals surface area contributed by atoms with Crippen LogP contribution in [0.15, 0.2) is 30.3 Å². The topological polar surface area (TPSA) is 99.6 Å². The molecule has 2 aliphatic heterocycles. The lowest BCUT2D eigenvalue weighted by Crippen LogP contribution is -2.44. The molecular formula is C31H38ClN3O6. The average molecular weight is 584 g/mol. The molecule has 0 bridgehead atoms. The van der Waals surface area contributed by atoms with Gasteiger partial charge < -0.3 is 19.6 Å². The Morgan fingerprint density at radius 3 is 2.46 bits per heavy atom. The van der Waals surface area contributed by atoms with E-state index in [1.807, 2.05) is 25.1 Å². The highest BCUT2D eigenvalue weighted by Gasteiger charge is 2.32. The number of imide groups is 1. The smallest absolute Gasteiger partial charge is 0.306 e. The third-order valence-electron chi connectivity index (χ3n) is 8.56. The number of hydrazine groups is 1. The van der Waals surface area contributed by atoms with E-state index in [-0.39, 0.29) is 43.7 Å². The highest BCUT2D eigenvalue weighted by Crippen LogP contribution is 2.37. The van der Waals surface area contributed by atoms with Crippen molar-refractivity contribution in [3.8, 4) is 11.5 Å². The van der Waals surface area contributed by atoms with Crippen LogP contribution in [0.1, 0.15) is 55.2 Å². The third kappa shape index (κ3) is 6.62. The van der Waals surface area contributed by atoms with Gasteiger partial charge in [0.2, 0.25) is 11.8 Å². The number of ether oxygens (including phenoxy) is 2. The number of likely N-dealkylation sites (tertiary alicyclic amines) is 1. The summed E-state index contributed by atoms with van der Waals surface area (Å²) in [7, 11) is 1.60. The largest absolute Gasteiger partial charge is 0.493 e. The number of benzene rings is 2. The van der Waals surface area contributed by atoms with Crippen LogP contribution in [0, 0.1) is 18.8 Å². The molecule has 1 saturated carbocycles. The van der Waals surface area contributed by atoms with Crippen LogP contribution in [0.25, 0.3) is 0 Å². The number of rotatable bonds is 11. The predicted molar refractivity (Wildman–Crippen MR) is 155 cm³/mol. The zero-order valence-electron chi connectivity index (χ0n) is 23.7. The van der Waals surface area contributed by atoms with Gasteiger partial charge in [0.05, 0.1) is 25.3 Å². The van der Waals surface area contributed by atoms with Gasteiger partial charge in [-0.15, -0.1) is 0 Å². The van der Waals surface area contributed by atoms with Crippen LogP contribution in [0.2, 0.25) is 5.02 Å². The van der Waals surface area contributed by atoms with E-state index in [1.165, 1.54) is 16.2 Å². The van der Waals surface area contributed by atoms with Crippen molar-refractivity contribution in [2.24, 2.45) is 11.8 Å². The fourth-order valence-corrected chi connectivity index (χ4v) is 6.37. The molecule has 1 aliphatic carbocycles. The van der Waals surface area contributed by atoms with E-state index in [0.29, 0.717) is 36.8 Å². The number of fused-ring (bicyclic) bond motifs is 1. The molecule has 2 fully saturated rings. The molecule has 5 rings (SSSR count). The lowest BCUT2D eigenvalue weighted by Gasteiger charge is -2.38. The van der Waals surface area contributed by atoms with Crippen molar-refractivity contribution in [2.45, 2.75) is 58.4 Å². The van der Waals surface area contributed by atoms with Crippen LogP contribution in [-0.4, -0.2) is 66.1 Å². The number of carboxylic acid groups (broad SMARTS) is 1. The van der Waals surface area contributed by atoms with E-state index in [9.17, 15) is 19.5 Å². The summed E-state index contributed by atoms with van der Waals surface area (Å²) in [6, 6.07) is 10.1. The Bertz CT molecular complexity index is 1290. The maximum atomic E-state index is 11.9. The summed E-state index contributed by atoms with van der Waals surface area (Å²) in [6.07, 6.45) is 4.67. The van der Waals surface area contributed by atoms with Gasteiger partial charge in [0.25, 0.3) is 0 Å². The van der Waals surface area contributed by atoms with Crippen LogP contribution >= 0.6 is 11.6 Å². The van der Waals surface area contributed by atoms with Gasteiger partial charge >= 0.3 is 5.97 Å². The van der Waals surface area contributed by atoms with Crippen molar-refractivity contribution >= 4 is 35.1 Å². The molecule has 0 unspecified atom stereocenters. The molecule has 1 N–H and O–H groups in total. The Hall–Kier alpha value is -3.30. The van der Waals surface area contributed by atoms with Gasteiger partial charge in [-0.2, -0.15) is 0 Å². The van der Waals surface area contributed by atoms with Crippen molar-refractivity contribution in [1.82, 2.24) is 9.91 Å². The van der Waals surface area contributed by atoms with E-state index in [1.54, 1.807) is 7.11 Å². The van der Waals surface area contributed by atoms with Crippen molar-refractivity contribution in [2.75, 3.05) is 38.4 Å². The molecule has 41 heavy (non-hydrogen) atoms. The molecule has 1 saturated heterocycles. The molecule has 2 aromatic carbocycles. The lowest BCUT2D eigenvalue weighted by atomic mass is 9.82. The molecular weight excluding hydrogens is 546 g/mol. The van der Waals surface area contributed by atoms with E-state index in [0.717, 1.165) is 48.5 Å². The fourth-order valence-electron chi connectivity index (χ4n) is 6.19. The standard InChI is InChI=1S/C31H38ClN3O6/c1-20-15-26-24(17-25(20)32)11-12-35(26)33(18-21-3-6-23(7-4-21)31(38)39)19-22-5-8-27(28(16-22)40-2)41-14-13-34-29(36)9-10-30(34)37/h5,8,15-17,21,23H,3-4,6-7,9-14,18-19H2,1-2H3,(H,38,39). The van der Waals surface area contributed by atoms with Crippen molar-refractivity contribution in [3.05, 3.63) is 52.0 Å². The number of aryl methyl sites for hydroxylation is 1. The number of hydrogen-bond donors (Lipinski definition) is 1. The van der Waals surface area contributed by atoms with Crippen LogP contribution < -0.4 is 14.5 Å². The first-order valence-corrected chi connectivity index (χ1v) is 14.8. The third-order valence-corrected chi connectivity index (χ3v) is 8.96. The van der Waals surface area contributed by atoms with Crippen LogP contribution in [0.3, 0.4) is 0 Å². The first-order valence-electron chi connectivity index (χ1n) is 14.4. The first-order chi connectivity index (χ1) is 19.7. The van der Waals surface area contributed by atoms with Crippen LogP contribution in [-0.2, 0) is 27.3 Å². The van der Waals surface area contributed by atoms with Crippen LogP contribution in [0.5, 0.6) is 11.5 Å². The number of carboxylic acids is 1. The predicted octanol–water partition coefficient (Wildman–Crippen LogP) is 4.86. The number of anilines is 1. The number of methoxy groups -OCH3 is 1. The number of carbonyl (C=O) groups is 3. The van der Waals surface area contributed by atoms with Crippen molar-refractivity contribution in [3.63, 3.8) is 0 Å². The Morgan fingerprint density at radius 2 is 1.78 bits per heavy atom. The second kappa shape index (κ2) is 12.7. The Kier molecular flexibility index (Phi) is 9.04. The maximum Gasteiger partial charge on any atom is 0.306 e. The van der Waals surface area contributed by atoms with E-state index in [4.69, 9.17) is 21.1 Å². The summed E-state index contributed by atoms with van der Waals surface area (Å²) < 4.78 is 11.6. The quantitative estimate of drug-likeness (QED) is 0.375. The normalized spacial score (nSPS) is 20.6. The molecule has 0 spiro atoms. The first kappa shape index (κ1) is 29.2. The minimum Gasteiger partial charge on any atom is -0.493 e. The molecule has 2 aromatic rings. The highest BCUT2D eigenvalue weighted by molar-refractivity contribution is 6.31. The van der Waals surface area contributed by atoms with Gasteiger partial charge in [-0.25, -0.2) is 5.01 Å². The fraction of sp³-hybridized carbons (Fsp3) is 0.516. The number of halogens is 1. The van der Waals surface area contributed by atoms with E-state index in [2.05, 4.69) is 22.2 Å². The monoisotopic (exact) mass is 583 g/mol. The molecule has 0 atom stereocenters. The maximum absolute atomic E-state index is 11.9. The number of nitrogens with zero attached hydrogens (tertiary/aromatic N) is 3. The number of hydrogen-bond acceptors (Lipinski definition) is 7. The van der Waals surface area contributed by atoms with Gasteiger partial charge in [0, 0.05) is 37.5 Å². The molecule has 10 heteroatoms. The molecule has 2 amide bonds. The Balaban J connectivity index is 1.31. The lowest BCUT2D eigenvalue weighted by molar-refractivity contribution is -0.143. The second-order valence-electron chi connectivity index (χ2n) is 11.3. The number of carbonyl (C=O) groups excluding carboxylic acids is 2. The zero-order chi connectivity index (χ0) is 29.1. The summed E-state index contributed by atoms with van der Waals surface area (Å²) in [4.78, 5) is 36.5. The Morgan fingerprint density at radius 1 is 1.05 bits per heavy atom. The molecule has 0 radical (unpaired) electrons. The highest BCUT2D eigenvalue weighted by atomic mass is 35.5. The zero-order valence-corrected chi connectivity index (χ0v) is 24.5. The molecule has 3 aliphatic rings. The Labute approximate surface area is 245 Å². The molecule has 0 aromatic heterocycles. The van der Waals surface area contributed by atoms with Gasteiger partial charge in [-0.3, -0.25) is 19.3 Å². The molecule has 9 nitrogen and oxygen atoms in total. The van der Waals surface area contributed by atoms with Gasteiger partial charge in [-0.05, 0) is 85.9 Å². The minimum absolute atomic E-state index is 0.154. The summed E-state index contributed by atoms with van der Waals surface area (Å²) in [6.45, 7) is 4.77.